The smallest absolute Gasteiger partial charge is 0.338 e. The SMILES string of the molecule is CN(c1cccc(Cl)c1)S(=O)(=O)c1cccc(C(=O)OCC(=O)N(C2CCCCC2)C2CCCCC2)c1. The average molecular weight is 547 g/mol. The van der Waals surface area contributed by atoms with Crippen molar-refractivity contribution in [3.8, 4) is 0 Å². The van der Waals surface area contributed by atoms with Crippen molar-refractivity contribution in [1.82, 2.24) is 4.90 Å². The molecule has 7 nitrogen and oxygen atoms in total. The summed E-state index contributed by atoms with van der Waals surface area (Å²) in [6, 6.07) is 12.6. The number of carbonyl (C=O) groups excluding carboxylic acids is 2. The Bertz CT molecular complexity index is 1190. The lowest BCUT2D eigenvalue weighted by atomic mass is 9.88. The van der Waals surface area contributed by atoms with E-state index in [0.717, 1.165) is 55.7 Å². The maximum Gasteiger partial charge on any atom is 0.338 e. The minimum absolute atomic E-state index is 0.0539. The third kappa shape index (κ3) is 6.65. The summed E-state index contributed by atoms with van der Waals surface area (Å²) in [5, 5.41) is 0.414. The Hall–Kier alpha value is -2.58. The molecule has 4 rings (SSSR count). The van der Waals surface area contributed by atoms with Crippen molar-refractivity contribution in [3.63, 3.8) is 0 Å². The van der Waals surface area contributed by atoms with Gasteiger partial charge in [0.05, 0.1) is 16.1 Å². The number of hydrogen-bond acceptors (Lipinski definition) is 5. The molecule has 2 aliphatic rings. The number of benzene rings is 2. The van der Waals surface area contributed by atoms with Crippen LogP contribution in [0.3, 0.4) is 0 Å². The summed E-state index contributed by atoms with van der Waals surface area (Å²) in [6.07, 6.45) is 10.8. The third-order valence-corrected chi connectivity index (χ3v) is 9.47. The molecule has 0 heterocycles. The first-order valence-electron chi connectivity index (χ1n) is 13.1. The highest BCUT2D eigenvalue weighted by Crippen LogP contribution is 2.30. The third-order valence-electron chi connectivity index (χ3n) is 7.45. The van der Waals surface area contributed by atoms with E-state index in [4.69, 9.17) is 16.3 Å². The van der Waals surface area contributed by atoms with Crippen LogP contribution in [0.2, 0.25) is 5.02 Å². The zero-order valence-electron chi connectivity index (χ0n) is 21.3. The van der Waals surface area contributed by atoms with Crippen molar-refractivity contribution in [2.24, 2.45) is 0 Å². The predicted octanol–water partition coefficient (Wildman–Crippen LogP) is 5.82. The Morgan fingerprint density at radius 1 is 0.892 bits per heavy atom. The summed E-state index contributed by atoms with van der Waals surface area (Å²) in [5.41, 5.74) is 0.479. The molecule has 0 aliphatic heterocycles. The Labute approximate surface area is 224 Å². The molecule has 2 aromatic carbocycles. The lowest BCUT2D eigenvalue weighted by Crippen LogP contribution is -2.50. The zero-order valence-corrected chi connectivity index (χ0v) is 22.8. The molecule has 0 radical (unpaired) electrons. The number of anilines is 1. The van der Waals surface area contributed by atoms with Gasteiger partial charge in [0.1, 0.15) is 0 Å². The molecule has 200 valence electrons. The van der Waals surface area contributed by atoms with E-state index in [-0.39, 0.29) is 35.1 Å². The second-order valence-electron chi connectivity index (χ2n) is 9.94. The highest BCUT2D eigenvalue weighted by atomic mass is 35.5. The van der Waals surface area contributed by atoms with Crippen LogP contribution in [0.1, 0.15) is 74.6 Å². The molecule has 2 aromatic rings. The molecule has 1 amide bonds. The summed E-state index contributed by atoms with van der Waals surface area (Å²) < 4.78 is 32.9. The van der Waals surface area contributed by atoms with Gasteiger partial charge in [0.25, 0.3) is 15.9 Å². The second-order valence-corrected chi connectivity index (χ2v) is 12.3. The van der Waals surface area contributed by atoms with E-state index in [2.05, 4.69) is 0 Å². The highest BCUT2D eigenvalue weighted by molar-refractivity contribution is 7.92. The molecule has 0 N–H and O–H groups in total. The molecule has 0 spiro atoms. The summed E-state index contributed by atoms with van der Waals surface area (Å²) in [7, 11) is -2.52. The van der Waals surface area contributed by atoms with Crippen LogP contribution < -0.4 is 4.31 Å². The first-order valence-corrected chi connectivity index (χ1v) is 14.9. The summed E-state index contributed by atoms with van der Waals surface area (Å²) in [5.74, 6) is -0.875. The standard InChI is InChI=1S/C28H35ClN2O5S/c1-30(25-16-9-11-22(29)19-25)37(34,35)26-17-8-10-21(18-26)28(33)36-20-27(32)31(23-12-4-2-5-13-23)24-14-6-3-7-15-24/h8-11,16-19,23-24H,2-7,12-15,20H2,1H3. The lowest BCUT2D eigenvalue weighted by molar-refractivity contribution is -0.141. The maximum absolute atomic E-state index is 13.3. The zero-order chi connectivity index (χ0) is 26.4. The van der Waals surface area contributed by atoms with Crippen molar-refractivity contribution < 1.29 is 22.7 Å². The van der Waals surface area contributed by atoms with E-state index in [9.17, 15) is 18.0 Å². The summed E-state index contributed by atoms with van der Waals surface area (Å²) in [4.78, 5) is 28.1. The van der Waals surface area contributed by atoms with Crippen molar-refractivity contribution in [1.29, 1.82) is 0 Å². The molecule has 0 bridgehead atoms. The van der Waals surface area contributed by atoms with Crippen LogP contribution in [0, 0.1) is 0 Å². The van der Waals surface area contributed by atoms with Gasteiger partial charge in [0, 0.05) is 24.2 Å². The first kappa shape index (κ1) is 27.5. The quantitative estimate of drug-likeness (QED) is 0.390. The monoisotopic (exact) mass is 546 g/mol. The molecule has 0 atom stereocenters. The van der Waals surface area contributed by atoms with Gasteiger partial charge in [0.2, 0.25) is 0 Å². The number of nitrogens with zero attached hydrogens (tertiary/aromatic N) is 2. The number of esters is 1. The number of rotatable bonds is 8. The largest absolute Gasteiger partial charge is 0.452 e. The van der Waals surface area contributed by atoms with E-state index in [1.165, 1.54) is 44.2 Å². The fraction of sp³-hybridized carbons (Fsp3) is 0.500. The van der Waals surface area contributed by atoms with E-state index in [1.807, 2.05) is 4.90 Å². The van der Waals surface area contributed by atoms with Gasteiger partial charge < -0.3 is 9.64 Å². The van der Waals surface area contributed by atoms with Gasteiger partial charge in [-0.05, 0) is 62.1 Å². The van der Waals surface area contributed by atoms with Gasteiger partial charge in [-0.25, -0.2) is 13.2 Å². The molecule has 9 heteroatoms. The lowest BCUT2D eigenvalue weighted by Gasteiger charge is -2.41. The van der Waals surface area contributed by atoms with Gasteiger partial charge in [-0.1, -0.05) is 62.3 Å². The van der Waals surface area contributed by atoms with Gasteiger partial charge in [-0.2, -0.15) is 0 Å². The van der Waals surface area contributed by atoms with Crippen LogP contribution >= 0.6 is 11.6 Å². The van der Waals surface area contributed by atoms with Gasteiger partial charge in [-0.3, -0.25) is 9.10 Å². The van der Waals surface area contributed by atoms with E-state index in [0.29, 0.717) is 10.7 Å². The van der Waals surface area contributed by atoms with Crippen LogP contribution in [0.4, 0.5) is 5.69 Å². The Morgan fingerprint density at radius 3 is 2.08 bits per heavy atom. The van der Waals surface area contributed by atoms with Crippen LogP contribution in [-0.4, -0.2) is 50.9 Å². The minimum atomic E-state index is -3.95. The number of amides is 1. The van der Waals surface area contributed by atoms with Crippen molar-refractivity contribution in [2.45, 2.75) is 81.2 Å². The Balaban J connectivity index is 1.45. The predicted molar refractivity (Wildman–Crippen MR) is 144 cm³/mol. The van der Waals surface area contributed by atoms with Crippen molar-refractivity contribution >= 4 is 39.2 Å². The average Bonchev–Trinajstić information content (AvgIpc) is 2.92. The van der Waals surface area contributed by atoms with E-state index >= 15 is 0 Å². The normalized spacial score (nSPS) is 17.2. The van der Waals surface area contributed by atoms with Gasteiger partial charge >= 0.3 is 5.97 Å². The Morgan fingerprint density at radius 2 is 1.49 bits per heavy atom. The molecular weight excluding hydrogens is 512 g/mol. The number of hydrogen-bond donors (Lipinski definition) is 0. The minimum Gasteiger partial charge on any atom is -0.452 e. The summed E-state index contributed by atoms with van der Waals surface area (Å²) >= 11 is 6.02. The second kappa shape index (κ2) is 12.3. The van der Waals surface area contributed by atoms with Crippen LogP contribution in [0.5, 0.6) is 0 Å². The fourth-order valence-electron chi connectivity index (χ4n) is 5.46. The van der Waals surface area contributed by atoms with Gasteiger partial charge in [-0.15, -0.1) is 0 Å². The molecule has 2 saturated carbocycles. The summed E-state index contributed by atoms with van der Waals surface area (Å²) in [6.45, 7) is -0.342. The first-order chi connectivity index (χ1) is 17.8. The maximum atomic E-state index is 13.3. The number of ether oxygens (including phenoxy) is 1. The molecule has 0 unspecified atom stereocenters. The van der Waals surface area contributed by atoms with Crippen molar-refractivity contribution in [3.05, 3.63) is 59.1 Å². The van der Waals surface area contributed by atoms with Crippen LogP contribution in [0.15, 0.2) is 53.4 Å². The van der Waals surface area contributed by atoms with E-state index < -0.39 is 16.0 Å². The van der Waals surface area contributed by atoms with Gasteiger partial charge in [0.15, 0.2) is 6.61 Å². The van der Waals surface area contributed by atoms with Crippen LogP contribution in [-0.2, 0) is 19.6 Å². The molecule has 2 fully saturated rings. The molecule has 2 aliphatic carbocycles. The number of carbonyl (C=O) groups is 2. The van der Waals surface area contributed by atoms with Crippen LogP contribution in [0.25, 0.3) is 0 Å². The molecule has 0 saturated heterocycles. The fourth-order valence-corrected chi connectivity index (χ4v) is 6.88. The topological polar surface area (TPSA) is 84.0 Å². The molecular formula is C28H35ClN2O5S. The highest BCUT2D eigenvalue weighted by Gasteiger charge is 2.33. The number of sulfonamides is 1. The van der Waals surface area contributed by atoms with E-state index in [1.54, 1.807) is 24.3 Å². The van der Waals surface area contributed by atoms with Crippen molar-refractivity contribution in [2.75, 3.05) is 18.0 Å². The Kier molecular flexibility index (Phi) is 9.13. The molecule has 0 aromatic heterocycles. The molecule has 37 heavy (non-hydrogen) atoms. The number of halogens is 1.